The Balaban J connectivity index is 2.10. The Kier molecular flexibility index (Phi) is 1.81. The first-order valence-corrected chi connectivity index (χ1v) is 4.39. The lowest BCUT2D eigenvalue weighted by molar-refractivity contribution is -0.150. The van der Waals surface area contributed by atoms with E-state index in [9.17, 15) is 4.79 Å². The van der Waals surface area contributed by atoms with E-state index >= 15 is 0 Å². The van der Waals surface area contributed by atoms with E-state index in [0.717, 1.165) is 19.6 Å². The molecule has 68 valence electrons. The van der Waals surface area contributed by atoms with Crippen LogP contribution in [-0.4, -0.2) is 59.1 Å². The molecule has 4 atom stereocenters. The molecule has 3 aliphatic rings. The Labute approximate surface area is 71.8 Å². The van der Waals surface area contributed by atoms with Gasteiger partial charge in [0.2, 0.25) is 0 Å². The van der Waals surface area contributed by atoms with Gasteiger partial charge in [0.1, 0.15) is 6.04 Å². The number of rotatable bonds is 1. The van der Waals surface area contributed by atoms with Gasteiger partial charge in [-0.2, -0.15) is 0 Å². The maximum atomic E-state index is 10.8. The molecule has 0 radical (unpaired) electrons. The first kappa shape index (κ1) is 8.01. The standard InChI is InChI=1S/C8H14N2O2/c1-6-4-10-3-2-9(6)5-7(10)8(11)12/h6-7H,2-5H2,1H3,(H,11,12)/t6-,7+/m0/s1. The molecule has 3 aliphatic heterocycles. The Bertz CT molecular complexity index is 207. The van der Waals surface area contributed by atoms with Crippen LogP contribution in [0.25, 0.3) is 0 Å². The number of fused-ring (bicyclic) bond motifs is 3. The highest BCUT2D eigenvalue weighted by molar-refractivity contribution is 5.74. The van der Waals surface area contributed by atoms with E-state index in [0.29, 0.717) is 12.6 Å². The molecule has 0 amide bonds. The maximum Gasteiger partial charge on any atom is 0.322 e. The number of carbonyl (C=O) groups is 1. The summed E-state index contributed by atoms with van der Waals surface area (Å²) >= 11 is 0. The first-order chi connectivity index (χ1) is 5.68. The molecule has 0 aromatic heterocycles. The summed E-state index contributed by atoms with van der Waals surface area (Å²) in [6, 6.07) is 0.282. The molecule has 2 bridgehead atoms. The summed E-state index contributed by atoms with van der Waals surface area (Å²) in [5.74, 6) is -0.674. The second-order valence-electron chi connectivity index (χ2n) is 3.69. The number of carboxylic acids is 1. The van der Waals surface area contributed by atoms with Crippen molar-refractivity contribution in [1.29, 1.82) is 0 Å². The average molecular weight is 170 g/mol. The van der Waals surface area contributed by atoms with E-state index in [1.54, 1.807) is 0 Å². The summed E-state index contributed by atoms with van der Waals surface area (Å²) in [5.41, 5.74) is 0. The quantitative estimate of drug-likeness (QED) is 0.574. The maximum absolute atomic E-state index is 10.8. The zero-order valence-electron chi connectivity index (χ0n) is 7.23. The molecule has 3 rings (SSSR count). The van der Waals surface area contributed by atoms with Crippen molar-refractivity contribution in [2.45, 2.75) is 19.0 Å². The molecule has 4 heteroatoms. The highest BCUT2D eigenvalue weighted by atomic mass is 16.4. The summed E-state index contributed by atoms with van der Waals surface area (Å²) in [4.78, 5) is 15.1. The fraction of sp³-hybridized carbons (Fsp3) is 0.875. The predicted molar refractivity (Wildman–Crippen MR) is 44.0 cm³/mol. The van der Waals surface area contributed by atoms with E-state index < -0.39 is 5.97 Å². The van der Waals surface area contributed by atoms with Gasteiger partial charge in [-0.05, 0) is 6.92 Å². The van der Waals surface area contributed by atoms with Gasteiger partial charge in [-0.15, -0.1) is 0 Å². The average Bonchev–Trinajstić information content (AvgIpc) is 2.04. The van der Waals surface area contributed by atoms with Crippen molar-refractivity contribution < 1.29 is 9.90 Å². The fourth-order valence-corrected chi connectivity index (χ4v) is 2.15. The van der Waals surface area contributed by atoms with Gasteiger partial charge in [0.15, 0.2) is 0 Å². The molecule has 3 heterocycles. The molecule has 12 heavy (non-hydrogen) atoms. The van der Waals surface area contributed by atoms with E-state index in [1.165, 1.54) is 0 Å². The normalized spacial score (nSPS) is 46.1. The Hall–Kier alpha value is -0.610. The number of nitrogens with zero attached hydrogens (tertiary/aromatic N) is 2. The molecule has 0 spiro atoms. The van der Waals surface area contributed by atoms with Crippen LogP contribution >= 0.6 is 0 Å². The minimum Gasteiger partial charge on any atom is -0.480 e. The summed E-state index contributed by atoms with van der Waals surface area (Å²) in [6.07, 6.45) is 0. The minimum absolute atomic E-state index is 0.255. The molecule has 0 aromatic carbocycles. The van der Waals surface area contributed by atoms with Crippen LogP contribution in [0.3, 0.4) is 0 Å². The predicted octanol–water partition coefficient (Wildman–Crippen LogP) is -0.541. The van der Waals surface area contributed by atoms with Gasteiger partial charge in [-0.1, -0.05) is 0 Å². The molecule has 3 fully saturated rings. The molecule has 3 saturated heterocycles. The van der Waals surface area contributed by atoms with Crippen LogP contribution in [0, 0.1) is 0 Å². The number of carboxylic acid groups (broad SMARTS) is 1. The smallest absolute Gasteiger partial charge is 0.322 e. The summed E-state index contributed by atoms with van der Waals surface area (Å²) < 4.78 is 0. The largest absolute Gasteiger partial charge is 0.480 e. The van der Waals surface area contributed by atoms with Gasteiger partial charge in [0.25, 0.3) is 0 Å². The third kappa shape index (κ3) is 1.11. The zero-order chi connectivity index (χ0) is 8.72. The third-order valence-corrected chi connectivity index (χ3v) is 2.93. The van der Waals surface area contributed by atoms with Crippen LogP contribution in [-0.2, 0) is 4.79 Å². The van der Waals surface area contributed by atoms with E-state index in [2.05, 4.69) is 16.7 Å². The van der Waals surface area contributed by atoms with Gasteiger partial charge in [0.05, 0.1) is 0 Å². The van der Waals surface area contributed by atoms with Crippen molar-refractivity contribution in [1.82, 2.24) is 9.80 Å². The molecule has 4 nitrogen and oxygen atoms in total. The topological polar surface area (TPSA) is 43.8 Å². The van der Waals surface area contributed by atoms with Crippen LogP contribution in [0.2, 0.25) is 0 Å². The highest BCUT2D eigenvalue weighted by Crippen LogP contribution is 2.20. The lowest BCUT2D eigenvalue weighted by atomic mass is 10.0. The van der Waals surface area contributed by atoms with Crippen LogP contribution in [0.4, 0.5) is 0 Å². The van der Waals surface area contributed by atoms with Gasteiger partial charge in [0, 0.05) is 32.2 Å². The van der Waals surface area contributed by atoms with Crippen LogP contribution in [0.15, 0.2) is 0 Å². The fourth-order valence-electron chi connectivity index (χ4n) is 2.15. The minimum atomic E-state index is -0.674. The summed E-state index contributed by atoms with van der Waals surface area (Å²) in [5, 5.41) is 8.88. The molecule has 2 unspecified atom stereocenters. The van der Waals surface area contributed by atoms with Crippen LogP contribution in [0.1, 0.15) is 6.92 Å². The summed E-state index contributed by atoms with van der Waals surface area (Å²) in [7, 11) is 0. The van der Waals surface area contributed by atoms with Gasteiger partial charge in [-0.25, -0.2) is 0 Å². The Morgan fingerprint density at radius 1 is 1.33 bits per heavy atom. The SMILES string of the molecule is C[C@H]1CN2CCN1C[C@@H]2C(=O)O. The number of hydrogen-bond acceptors (Lipinski definition) is 3. The lowest BCUT2D eigenvalue weighted by Crippen LogP contribution is -2.66. The lowest BCUT2D eigenvalue weighted by Gasteiger charge is -2.49. The van der Waals surface area contributed by atoms with Crippen molar-refractivity contribution in [3.8, 4) is 0 Å². The third-order valence-electron chi connectivity index (χ3n) is 2.93. The highest BCUT2D eigenvalue weighted by Gasteiger charge is 2.39. The molecular weight excluding hydrogens is 156 g/mol. The van der Waals surface area contributed by atoms with Crippen molar-refractivity contribution in [3.05, 3.63) is 0 Å². The monoisotopic (exact) mass is 170 g/mol. The van der Waals surface area contributed by atoms with Crippen molar-refractivity contribution >= 4 is 5.97 Å². The molecule has 0 aliphatic carbocycles. The van der Waals surface area contributed by atoms with Crippen LogP contribution in [0.5, 0.6) is 0 Å². The molecule has 0 aromatic rings. The zero-order valence-corrected chi connectivity index (χ0v) is 7.23. The Morgan fingerprint density at radius 2 is 2.00 bits per heavy atom. The molecule has 0 saturated carbocycles. The van der Waals surface area contributed by atoms with Crippen molar-refractivity contribution in [2.24, 2.45) is 0 Å². The molecule has 1 N–H and O–H groups in total. The van der Waals surface area contributed by atoms with Crippen molar-refractivity contribution in [2.75, 3.05) is 26.2 Å². The van der Waals surface area contributed by atoms with Gasteiger partial charge >= 0.3 is 5.97 Å². The first-order valence-electron chi connectivity index (χ1n) is 4.39. The molecular formula is C8H14N2O2. The van der Waals surface area contributed by atoms with E-state index in [4.69, 9.17) is 5.11 Å². The second kappa shape index (κ2) is 2.71. The van der Waals surface area contributed by atoms with Gasteiger partial charge < -0.3 is 5.11 Å². The van der Waals surface area contributed by atoms with Gasteiger partial charge in [-0.3, -0.25) is 14.6 Å². The van der Waals surface area contributed by atoms with Crippen LogP contribution < -0.4 is 0 Å². The number of aliphatic carboxylic acids is 1. The van der Waals surface area contributed by atoms with Crippen molar-refractivity contribution in [3.63, 3.8) is 0 Å². The Morgan fingerprint density at radius 3 is 2.42 bits per heavy atom. The summed E-state index contributed by atoms with van der Waals surface area (Å²) in [6.45, 7) is 5.73. The second-order valence-corrected chi connectivity index (χ2v) is 3.69. The number of piperazine rings is 3. The van der Waals surface area contributed by atoms with E-state index in [1.807, 2.05) is 0 Å². The van der Waals surface area contributed by atoms with E-state index in [-0.39, 0.29) is 6.04 Å². The number of hydrogen-bond donors (Lipinski definition) is 1.